The van der Waals surface area contributed by atoms with Crippen LogP contribution in [0.1, 0.15) is 16.7 Å². The second-order valence-electron chi connectivity index (χ2n) is 6.78. The number of ether oxygens (including phenoxy) is 2. The van der Waals surface area contributed by atoms with Gasteiger partial charge in [0.05, 0.1) is 5.02 Å². The van der Waals surface area contributed by atoms with Crippen LogP contribution in [0.15, 0.2) is 108 Å². The molecule has 0 bridgehead atoms. The molecule has 5 heteroatoms. The van der Waals surface area contributed by atoms with Gasteiger partial charge in [0.1, 0.15) is 18.9 Å². The van der Waals surface area contributed by atoms with Crippen LogP contribution in [-0.2, 0) is 22.7 Å². The van der Waals surface area contributed by atoms with Crippen molar-refractivity contribution in [3.05, 3.63) is 130 Å². The molecular weight excluding hydrogens is 408 g/mol. The van der Waals surface area contributed by atoms with Crippen molar-refractivity contribution in [3.63, 3.8) is 0 Å². The highest BCUT2D eigenvalue weighted by molar-refractivity contribution is 6.31. The van der Waals surface area contributed by atoms with Crippen molar-refractivity contribution in [1.29, 1.82) is 0 Å². The Balaban J connectivity index is 1.54. The van der Waals surface area contributed by atoms with E-state index in [4.69, 9.17) is 21.1 Å². The van der Waals surface area contributed by atoms with Crippen LogP contribution in [0.5, 0.6) is 0 Å². The molecule has 0 aliphatic carbocycles. The lowest BCUT2D eigenvalue weighted by molar-refractivity contribution is 0.123. The number of halogens is 1. The van der Waals surface area contributed by atoms with Crippen LogP contribution in [0.25, 0.3) is 0 Å². The van der Waals surface area contributed by atoms with Gasteiger partial charge >= 0.3 is 0 Å². The second kappa shape index (κ2) is 10.3. The summed E-state index contributed by atoms with van der Waals surface area (Å²) in [5.41, 5.74) is 9.64. The Morgan fingerprint density at radius 1 is 0.677 bits per heavy atom. The Morgan fingerprint density at radius 3 is 1.97 bits per heavy atom. The highest BCUT2D eigenvalue weighted by atomic mass is 35.5. The largest absolute Gasteiger partial charge is 0.483 e. The van der Waals surface area contributed by atoms with Crippen LogP contribution in [0.4, 0.5) is 0 Å². The number of rotatable bonds is 6. The minimum absolute atomic E-state index is 0.414. The molecule has 1 heterocycles. The van der Waals surface area contributed by atoms with Gasteiger partial charge in [0.15, 0.2) is 5.76 Å². The smallest absolute Gasteiger partial charge is 0.249 e. The molecule has 0 saturated heterocycles. The fourth-order valence-electron chi connectivity index (χ4n) is 2.86. The standard InChI is InChI=1S/C26H21ClN2O2/c27-24-14-8-7-13-22(24)15-16-23-17-25(30-18-20-9-3-1-4-10-20)26(29-28-23)31-19-21-11-5-2-6-12-21/h1-14,17,28-29H,18-19H2. The van der Waals surface area contributed by atoms with E-state index in [1.807, 2.05) is 91.0 Å². The van der Waals surface area contributed by atoms with Gasteiger partial charge in [-0.05, 0) is 29.2 Å². The highest BCUT2D eigenvalue weighted by Gasteiger charge is 2.15. The molecular formula is C26H21ClN2O2. The van der Waals surface area contributed by atoms with Gasteiger partial charge in [-0.15, -0.1) is 0 Å². The molecule has 3 aromatic rings. The summed E-state index contributed by atoms with van der Waals surface area (Å²) in [5.74, 6) is 7.24. The molecule has 0 aromatic heterocycles. The third kappa shape index (κ3) is 5.85. The molecule has 3 aromatic carbocycles. The summed E-state index contributed by atoms with van der Waals surface area (Å²) in [4.78, 5) is 0. The number of hydrazine groups is 1. The Labute approximate surface area is 187 Å². The van der Waals surface area contributed by atoms with E-state index in [2.05, 4.69) is 22.7 Å². The van der Waals surface area contributed by atoms with Crippen LogP contribution >= 0.6 is 11.6 Å². The minimum atomic E-state index is 0.414. The maximum absolute atomic E-state index is 6.20. The molecule has 0 atom stereocenters. The van der Waals surface area contributed by atoms with Gasteiger partial charge in [-0.1, -0.05) is 90.3 Å². The zero-order valence-electron chi connectivity index (χ0n) is 16.8. The first-order valence-electron chi connectivity index (χ1n) is 9.86. The van der Waals surface area contributed by atoms with Crippen molar-refractivity contribution in [2.45, 2.75) is 13.2 Å². The summed E-state index contributed by atoms with van der Waals surface area (Å²) in [6, 6.07) is 27.4. The van der Waals surface area contributed by atoms with Gasteiger partial charge in [-0.25, -0.2) is 0 Å². The molecule has 31 heavy (non-hydrogen) atoms. The molecule has 4 nitrogen and oxygen atoms in total. The predicted octanol–water partition coefficient (Wildman–Crippen LogP) is 5.29. The average Bonchev–Trinajstić information content (AvgIpc) is 2.83. The number of hydrogen-bond acceptors (Lipinski definition) is 4. The van der Waals surface area contributed by atoms with Crippen LogP contribution in [0, 0.1) is 11.8 Å². The lowest BCUT2D eigenvalue weighted by atomic mass is 10.2. The van der Waals surface area contributed by atoms with Crippen LogP contribution < -0.4 is 10.9 Å². The molecule has 4 rings (SSSR count). The zero-order chi connectivity index (χ0) is 21.3. The van der Waals surface area contributed by atoms with Crippen molar-refractivity contribution in [3.8, 4) is 11.8 Å². The maximum atomic E-state index is 6.20. The van der Waals surface area contributed by atoms with Crippen molar-refractivity contribution in [1.82, 2.24) is 10.9 Å². The molecule has 2 N–H and O–H groups in total. The van der Waals surface area contributed by atoms with Gasteiger partial charge in [0.25, 0.3) is 0 Å². The lowest BCUT2D eigenvalue weighted by Gasteiger charge is -2.22. The summed E-state index contributed by atoms with van der Waals surface area (Å²) in [6.07, 6.45) is 1.82. The Hall–Kier alpha value is -3.81. The summed E-state index contributed by atoms with van der Waals surface area (Å²) >= 11 is 6.20. The van der Waals surface area contributed by atoms with E-state index in [1.54, 1.807) is 0 Å². The van der Waals surface area contributed by atoms with E-state index in [0.717, 1.165) is 16.7 Å². The second-order valence-corrected chi connectivity index (χ2v) is 7.19. The Morgan fingerprint density at radius 2 is 1.29 bits per heavy atom. The van der Waals surface area contributed by atoms with Crippen molar-refractivity contribution >= 4 is 11.6 Å². The maximum Gasteiger partial charge on any atom is 0.249 e. The van der Waals surface area contributed by atoms with Gasteiger partial charge in [0, 0.05) is 11.6 Å². The molecule has 1 aliphatic heterocycles. The number of nitrogens with one attached hydrogen (secondary N) is 2. The third-order valence-corrected chi connectivity index (χ3v) is 4.81. The summed E-state index contributed by atoms with van der Waals surface area (Å²) in [7, 11) is 0. The Kier molecular flexibility index (Phi) is 6.79. The first-order valence-corrected chi connectivity index (χ1v) is 10.2. The predicted molar refractivity (Wildman–Crippen MR) is 122 cm³/mol. The highest BCUT2D eigenvalue weighted by Crippen LogP contribution is 2.18. The number of hydrogen-bond donors (Lipinski definition) is 2. The van der Waals surface area contributed by atoms with Crippen molar-refractivity contribution in [2.75, 3.05) is 0 Å². The number of allylic oxidation sites excluding steroid dienone is 2. The average molecular weight is 429 g/mol. The summed E-state index contributed by atoms with van der Waals surface area (Å²) < 4.78 is 12.0. The molecule has 0 unspecified atom stereocenters. The van der Waals surface area contributed by atoms with Crippen LogP contribution in [0.3, 0.4) is 0 Å². The minimum Gasteiger partial charge on any atom is -0.483 e. The Bertz CT molecular complexity index is 1150. The third-order valence-electron chi connectivity index (χ3n) is 4.48. The molecule has 1 aliphatic rings. The fraction of sp³-hybridized carbons (Fsp3) is 0.0769. The van der Waals surface area contributed by atoms with Crippen LogP contribution in [0.2, 0.25) is 5.02 Å². The van der Waals surface area contributed by atoms with E-state index in [0.29, 0.717) is 35.6 Å². The van der Waals surface area contributed by atoms with E-state index < -0.39 is 0 Å². The van der Waals surface area contributed by atoms with E-state index in [1.165, 1.54) is 0 Å². The lowest BCUT2D eigenvalue weighted by Crippen LogP contribution is -2.35. The summed E-state index contributed by atoms with van der Waals surface area (Å²) in [6.45, 7) is 0.829. The molecule has 0 fully saturated rings. The first kappa shape index (κ1) is 20.5. The fourth-order valence-corrected chi connectivity index (χ4v) is 3.05. The van der Waals surface area contributed by atoms with E-state index >= 15 is 0 Å². The van der Waals surface area contributed by atoms with Crippen molar-refractivity contribution in [2.24, 2.45) is 0 Å². The SMILES string of the molecule is Clc1ccccc1C#CC1=CC(OCc2ccccc2)=C(OCc2ccccc2)NN1. The molecule has 0 radical (unpaired) electrons. The van der Waals surface area contributed by atoms with Crippen molar-refractivity contribution < 1.29 is 9.47 Å². The van der Waals surface area contributed by atoms with Gasteiger partial charge in [-0.2, -0.15) is 0 Å². The normalized spacial score (nSPS) is 12.6. The quantitative estimate of drug-likeness (QED) is 0.524. The van der Waals surface area contributed by atoms with Crippen LogP contribution in [-0.4, -0.2) is 0 Å². The molecule has 0 amide bonds. The first-order chi connectivity index (χ1) is 15.3. The molecule has 0 spiro atoms. The van der Waals surface area contributed by atoms with E-state index in [-0.39, 0.29) is 0 Å². The zero-order valence-corrected chi connectivity index (χ0v) is 17.5. The van der Waals surface area contributed by atoms with Gasteiger partial charge in [0.2, 0.25) is 5.88 Å². The molecule has 154 valence electrons. The topological polar surface area (TPSA) is 42.5 Å². The monoisotopic (exact) mass is 428 g/mol. The summed E-state index contributed by atoms with van der Waals surface area (Å²) in [5, 5.41) is 0.613. The molecule has 0 saturated carbocycles. The van der Waals surface area contributed by atoms with E-state index in [9.17, 15) is 0 Å². The van der Waals surface area contributed by atoms with Gasteiger partial charge in [-0.3, -0.25) is 10.9 Å². The van der Waals surface area contributed by atoms with Gasteiger partial charge < -0.3 is 9.47 Å². The number of benzene rings is 3.